The summed E-state index contributed by atoms with van der Waals surface area (Å²) in [6, 6.07) is 0. The molecule has 0 atom stereocenters. The van der Waals surface area contributed by atoms with Gasteiger partial charge < -0.3 is 0 Å². The minimum Gasteiger partial charge on any atom is -0.203 e. The molecule has 0 aromatic heterocycles. The SMILES string of the molecule is CN=NN(C)N(C)I. The number of rotatable bonds is 2. The first-order chi connectivity index (χ1) is 3.68. The molecular formula is C3H9IN4. The highest BCUT2D eigenvalue weighted by atomic mass is 127. The van der Waals surface area contributed by atoms with E-state index >= 15 is 0 Å². The summed E-state index contributed by atoms with van der Waals surface area (Å²) in [5.74, 6) is 0. The Kier molecular flexibility index (Phi) is 4.06. The van der Waals surface area contributed by atoms with Crippen LogP contribution in [-0.4, -0.2) is 29.5 Å². The third kappa shape index (κ3) is 3.14. The summed E-state index contributed by atoms with van der Waals surface area (Å²) >= 11 is 2.10. The maximum absolute atomic E-state index is 3.70. The van der Waals surface area contributed by atoms with Gasteiger partial charge in [0.05, 0.1) is 7.05 Å². The van der Waals surface area contributed by atoms with E-state index in [-0.39, 0.29) is 0 Å². The van der Waals surface area contributed by atoms with Crippen molar-refractivity contribution < 1.29 is 0 Å². The second-order valence-corrected chi connectivity index (χ2v) is 2.62. The lowest BCUT2D eigenvalue weighted by atomic mass is 11.3. The Hall–Kier alpha value is 0.0900. The van der Waals surface area contributed by atoms with Crippen LogP contribution in [0.4, 0.5) is 0 Å². The molecule has 4 nitrogen and oxygen atoms in total. The molecule has 0 N–H and O–H groups in total. The summed E-state index contributed by atoms with van der Waals surface area (Å²) in [5.41, 5.74) is 0. The van der Waals surface area contributed by atoms with Gasteiger partial charge in [-0.2, -0.15) is 5.11 Å². The second-order valence-electron chi connectivity index (χ2n) is 1.22. The summed E-state index contributed by atoms with van der Waals surface area (Å²) < 4.78 is 1.80. The number of hydrogen-bond donors (Lipinski definition) is 0. The fraction of sp³-hybridized carbons (Fsp3) is 1.00. The maximum atomic E-state index is 3.70. The molecule has 48 valence electrons. The zero-order chi connectivity index (χ0) is 6.57. The van der Waals surface area contributed by atoms with Gasteiger partial charge in [-0.1, -0.05) is 5.22 Å². The van der Waals surface area contributed by atoms with Crippen LogP contribution < -0.4 is 0 Å². The van der Waals surface area contributed by atoms with Gasteiger partial charge >= 0.3 is 0 Å². The smallest absolute Gasteiger partial charge is 0.0509 e. The Bertz CT molecular complexity index is 81.4. The van der Waals surface area contributed by atoms with Gasteiger partial charge in [-0.3, -0.25) is 0 Å². The average Bonchev–Trinajstić information content (AvgIpc) is 1.67. The van der Waals surface area contributed by atoms with E-state index in [1.54, 1.807) is 15.4 Å². The van der Waals surface area contributed by atoms with E-state index < -0.39 is 0 Å². The van der Waals surface area contributed by atoms with Crippen LogP contribution in [0.25, 0.3) is 0 Å². The van der Waals surface area contributed by atoms with E-state index in [1.165, 1.54) is 0 Å². The molecule has 0 aromatic carbocycles. The zero-order valence-electron chi connectivity index (χ0n) is 5.17. The fourth-order valence-corrected chi connectivity index (χ4v) is 0.271. The normalized spacial score (nSPS) is 11.1. The van der Waals surface area contributed by atoms with Crippen LogP contribution in [-0.2, 0) is 0 Å². The summed E-state index contributed by atoms with van der Waals surface area (Å²) in [5, 5.41) is 8.89. The summed E-state index contributed by atoms with van der Waals surface area (Å²) in [4.78, 5) is 0. The molecule has 0 amide bonds. The molecular weight excluding hydrogens is 219 g/mol. The Morgan fingerprint density at radius 1 is 1.38 bits per heavy atom. The largest absolute Gasteiger partial charge is 0.203 e. The topological polar surface area (TPSA) is 31.2 Å². The summed E-state index contributed by atoms with van der Waals surface area (Å²) in [6.07, 6.45) is 0. The standard InChI is InChI=1S/C3H9IN4/c1-5-6-8(3)7(2)4/h1-3H3. The summed E-state index contributed by atoms with van der Waals surface area (Å²) in [7, 11) is 5.34. The average molecular weight is 228 g/mol. The lowest BCUT2D eigenvalue weighted by molar-refractivity contribution is 0.150. The van der Waals surface area contributed by atoms with E-state index in [9.17, 15) is 0 Å². The molecule has 0 aliphatic carbocycles. The first-order valence-electron chi connectivity index (χ1n) is 2.11. The molecule has 0 bridgehead atoms. The molecule has 0 spiro atoms. The van der Waals surface area contributed by atoms with Crippen molar-refractivity contribution in [2.24, 2.45) is 10.3 Å². The lowest BCUT2D eigenvalue weighted by Crippen LogP contribution is -2.21. The highest BCUT2D eigenvalue weighted by Gasteiger charge is 1.93. The van der Waals surface area contributed by atoms with Crippen LogP contribution in [0, 0.1) is 0 Å². The Morgan fingerprint density at radius 2 is 1.88 bits per heavy atom. The Balaban J connectivity index is 3.47. The first kappa shape index (κ1) is 8.09. The monoisotopic (exact) mass is 228 g/mol. The number of hydrogen-bond acceptors (Lipinski definition) is 3. The molecule has 0 aromatic rings. The van der Waals surface area contributed by atoms with Crippen LogP contribution in [0.2, 0.25) is 0 Å². The van der Waals surface area contributed by atoms with E-state index in [2.05, 4.69) is 33.2 Å². The second kappa shape index (κ2) is 4.02. The molecule has 0 saturated carbocycles. The third-order valence-electron chi connectivity index (χ3n) is 0.618. The molecule has 0 radical (unpaired) electrons. The van der Waals surface area contributed by atoms with Gasteiger partial charge in [0.15, 0.2) is 0 Å². The molecule has 0 heterocycles. The molecule has 0 aliphatic heterocycles. The first-order valence-corrected chi connectivity index (χ1v) is 3.08. The molecule has 0 saturated heterocycles. The lowest BCUT2D eigenvalue weighted by Gasteiger charge is -2.15. The quantitative estimate of drug-likeness (QED) is 0.307. The number of hydrazine groups is 1. The van der Waals surface area contributed by atoms with Gasteiger partial charge in [-0.05, 0) is 0 Å². The highest BCUT2D eigenvalue weighted by Crippen LogP contribution is 1.97. The Labute approximate surface area is 63.0 Å². The van der Waals surface area contributed by atoms with Gasteiger partial charge in [0, 0.05) is 37.0 Å². The van der Waals surface area contributed by atoms with Gasteiger partial charge in [0.25, 0.3) is 0 Å². The van der Waals surface area contributed by atoms with Crippen LogP contribution in [0.15, 0.2) is 10.3 Å². The van der Waals surface area contributed by atoms with Gasteiger partial charge in [0.1, 0.15) is 0 Å². The van der Waals surface area contributed by atoms with Crippen LogP contribution in [0.1, 0.15) is 0 Å². The predicted molar refractivity (Wildman–Crippen MR) is 40.3 cm³/mol. The van der Waals surface area contributed by atoms with Crippen LogP contribution in [0.5, 0.6) is 0 Å². The van der Waals surface area contributed by atoms with Crippen molar-refractivity contribution in [1.82, 2.24) is 8.34 Å². The maximum Gasteiger partial charge on any atom is 0.0509 e. The van der Waals surface area contributed by atoms with E-state index in [0.29, 0.717) is 0 Å². The molecule has 5 heteroatoms. The van der Waals surface area contributed by atoms with Crippen molar-refractivity contribution >= 4 is 22.9 Å². The van der Waals surface area contributed by atoms with Gasteiger partial charge in [0.2, 0.25) is 0 Å². The minimum atomic E-state index is 1.63. The van der Waals surface area contributed by atoms with E-state index in [4.69, 9.17) is 0 Å². The van der Waals surface area contributed by atoms with Crippen molar-refractivity contribution in [2.75, 3.05) is 21.1 Å². The van der Waals surface area contributed by atoms with E-state index in [0.717, 1.165) is 0 Å². The van der Waals surface area contributed by atoms with Gasteiger partial charge in [-0.15, -0.1) is 3.22 Å². The predicted octanol–water partition coefficient (Wildman–Crippen LogP) is 1.11. The molecule has 8 heavy (non-hydrogen) atoms. The molecule has 0 unspecified atom stereocenters. The highest BCUT2D eigenvalue weighted by molar-refractivity contribution is 14.1. The van der Waals surface area contributed by atoms with Gasteiger partial charge in [-0.25, -0.2) is 5.12 Å². The van der Waals surface area contributed by atoms with Crippen molar-refractivity contribution in [1.29, 1.82) is 0 Å². The fourth-order valence-electron chi connectivity index (χ4n) is 0.185. The zero-order valence-corrected chi connectivity index (χ0v) is 7.32. The third-order valence-corrected chi connectivity index (χ3v) is 1.24. The van der Waals surface area contributed by atoms with Crippen molar-refractivity contribution in [3.63, 3.8) is 0 Å². The summed E-state index contributed by atoms with van der Waals surface area (Å²) in [6.45, 7) is 0. The van der Waals surface area contributed by atoms with Crippen molar-refractivity contribution in [3.05, 3.63) is 0 Å². The Morgan fingerprint density at radius 3 is 2.00 bits per heavy atom. The molecule has 0 aliphatic rings. The van der Waals surface area contributed by atoms with Crippen LogP contribution >= 0.6 is 22.9 Å². The van der Waals surface area contributed by atoms with Crippen LogP contribution in [0.3, 0.4) is 0 Å². The van der Waals surface area contributed by atoms with Crippen molar-refractivity contribution in [3.8, 4) is 0 Å². The number of halogens is 1. The minimum absolute atomic E-state index is 1.63. The molecule has 0 rings (SSSR count). The van der Waals surface area contributed by atoms with E-state index in [1.807, 2.05) is 14.1 Å². The van der Waals surface area contributed by atoms with Crippen molar-refractivity contribution in [2.45, 2.75) is 0 Å². The molecule has 0 fully saturated rings. The number of nitrogens with zero attached hydrogens (tertiary/aromatic N) is 4.